The molecule has 6 heteroatoms. The molecular formula is C15H11Cl3N2O. The summed E-state index contributed by atoms with van der Waals surface area (Å²) in [5, 5.41) is 4.26. The molecule has 1 amide bonds. The number of halogens is 3. The van der Waals surface area contributed by atoms with Gasteiger partial charge in [-0.2, -0.15) is 0 Å². The fourth-order valence-electron chi connectivity index (χ4n) is 2.53. The molecule has 2 aromatic rings. The summed E-state index contributed by atoms with van der Waals surface area (Å²) >= 11 is 17.7. The van der Waals surface area contributed by atoms with Crippen LogP contribution in [-0.4, -0.2) is 16.9 Å². The molecule has 0 fully saturated rings. The minimum absolute atomic E-state index is 0.0329. The summed E-state index contributed by atoms with van der Waals surface area (Å²) in [6.07, 6.45) is 1.54. The quantitative estimate of drug-likeness (QED) is 0.841. The Bertz CT molecular complexity index is 698. The molecule has 108 valence electrons. The zero-order chi connectivity index (χ0) is 15.0. The number of amides is 1. The molecule has 0 radical (unpaired) electrons. The number of carbonyl (C=O) groups is 1. The summed E-state index contributed by atoms with van der Waals surface area (Å²) in [5.41, 5.74) is 2.60. The van der Waals surface area contributed by atoms with Gasteiger partial charge in [-0.3, -0.25) is 4.79 Å². The first-order valence-corrected chi connectivity index (χ1v) is 7.56. The van der Waals surface area contributed by atoms with Gasteiger partial charge in [-0.1, -0.05) is 40.9 Å². The van der Waals surface area contributed by atoms with E-state index in [0.717, 1.165) is 12.8 Å². The van der Waals surface area contributed by atoms with Crippen LogP contribution >= 0.6 is 34.8 Å². The summed E-state index contributed by atoms with van der Waals surface area (Å²) in [5.74, 6) is -0.275. The largest absolute Gasteiger partial charge is 0.347 e. The maximum atomic E-state index is 12.2. The van der Waals surface area contributed by atoms with E-state index in [2.05, 4.69) is 10.3 Å². The van der Waals surface area contributed by atoms with Crippen LogP contribution in [0.5, 0.6) is 0 Å². The van der Waals surface area contributed by atoms with Gasteiger partial charge in [-0.25, -0.2) is 4.98 Å². The van der Waals surface area contributed by atoms with Gasteiger partial charge in [0.25, 0.3) is 5.91 Å². The SMILES string of the molecule is O=C(NC1Cc2ccc(Cl)cc2C1)c1cc(Cl)cc(Cl)n1. The Labute approximate surface area is 137 Å². The first-order valence-electron chi connectivity index (χ1n) is 6.42. The predicted molar refractivity (Wildman–Crippen MR) is 84.4 cm³/mol. The topological polar surface area (TPSA) is 42.0 Å². The maximum absolute atomic E-state index is 12.2. The van der Waals surface area contributed by atoms with Crippen LogP contribution in [0.3, 0.4) is 0 Å². The normalized spacial score (nSPS) is 16.6. The molecule has 0 saturated heterocycles. The van der Waals surface area contributed by atoms with Crippen molar-refractivity contribution < 1.29 is 4.79 Å². The zero-order valence-corrected chi connectivity index (χ0v) is 13.1. The fourth-order valence-corrected chi connectivity index (χ4v) is 3.20. The Morgan fingerprint density at radius 1 is 1.05 bits per heavy atom. The van der Waals surface area contributed by atoms with E-state index in [4.69, 9.17) is 34.8 Å². The van der Waals surface area contributed by atoms with Gasteiger partial charge in [0.1, 0.15) is 10.8 Å². The molecule has 1 aromatic heterocycles. The van der Waals surface area contributed by atoms with Gasteiger partial charge >= 0.3 is 0 Å². The number of benzene rings is 1. The summed E-state index contributed by atoms with van der Waals surface area (Å²) in [6, 6.07) is 8.83. The molecule has 0 spiro atoms. The number of aromatic nitrogens is 1. The van der Waals surface area contributed by atoms with Crippen LogP contribution in [0, 0.1) is 0 Å². The lowest BCUT2D eigenvalue weighted by Crippen LogP contribution is -2.35. The third kappa shape index (κ3) is 3.31. The van der Waals surface area contributed by atoms with Crippen molar-refractivity contribution in [3.8, 4) is 0 Å². The average molecular weight is 342 g/mol. The Balaban J connectivity index is 1.72. The summed E-state index contributed by atoms with van der Waals surface area (Å²) < 4.78 is 0. The van der Waals surface area contributed by atoms with Crippen molar-refractivity contribution in [3.63, 3.8) is 0 Å². The number of hydrogen-bond acceptors (Lipinski definition) is 2. The Hall–Kier alpha value is -1.29. The number of hydrogen-bond donors (Lipinski definition) is 1. The molecular weight excluding hydrogens is 331 g/mol. The van der Waals surface area contributed by atoms with Crippen molar-refractivity contribution in [1.29, 1.82) is 0 Å². The van der Waals surface area contributed by atoms with Crippen molar-refractivity contribution >= 4 is 40.7 Å². The van der Waals surface area contributed by atoms with E-state index < -0.39 is 0 Å². The van der Waals surface area contributed by atoms with E-state index in [1.54, 1.807) is 0 Å². The molecule has 1 unspecified atom stereocenters. The monoisotopic (exact) mass is 340 g/mol. The van der Waals surface area contributed by atoms with Crippen LogP contribution in [0.4, 0.5) is 0 Å². The lowest BCUT2D eigenvalue weighted by Gasteiger charge is -2.11. The second-order valence-corrected chi connectivity index (χ2v) is 6.25. The number of nitrogens with zero attached hydrogens (tertiary/aromatic N) is 1. The Morgan fingerprint density at radius 3 is 2.57 bits per heavy atom. The minimum Gasteiger partial charge on any atom is -0.347 e. The molecule has 1 aliphatic rings. The standard InChI is InChI=1S/C15H11Cl3N2O/c16-10-2-1-8-4-12(5-9(8)3-10)19-15(21)13-6-11(17)7-14(18)20-13/h1-3,6-7,12H,4-5H2,(H,19,21). The van der Waals surface area contributed by atoms with E-state index in [1.165, 1.54) is 23.3 Å². The van der Waals surface area contributed by atoms with Gasteiger partial charge in [0.05, 0.1) is 0 Å². The van der Waals surface area contributed by atoms with Crippen LogP contribution < -0.4 is 5.32 Å². The van der Waals surface area contributed by atoms with E-state index >= 15 is 0 Å². The summed E-state index contributed by atoms with van der Waals surface area (Å²) in [4.78, 5) is 16.2. The summed E-state index contributed by atoms with van der Waals surface area (Å²) in [6.45, 7) is 0. The second kappa shape index (κ2) is 5.84. The zero-order valence-electron chi connectivity index (χ0n) is 10.9. The smallest absolute Gasteiger partial charge is 0.270 e. The van der Waals surface area contributed by atoms with Gasteiger partial charge in [0, 0.05) is 16.1 Å². The van der Waals surface area contributed by atoms with Crippen molar-refractivity contribution in [2.45, 2.75) is 18.9 Å². The van der Waals surface area contributed by atoms with Crippen LogP contribution in [0.25, 0.3) is 0 Å². The maximum Gasteiger partial charge on any atom is 0.270 e. The number of nitrogens with one attached hydrogen (secondary N) is 1. The van der Waals surface area contributed by atoms with Gasteiger partial charge in [-0.05, 0) is 48.2 Å². The van der Waals surface area contributed by atoms with Crippen LogP contribution in [0.15, 0.2) is 30.3 Å². The van der Waals surface area contributed by atoms with E-state index in [9.17, 15) is 4.79 Å². The van der Waals surface area contributed by atoms with Crippen molar-refractivity contribution in [3.05, 3.63) is 62.4 Å². The number of carbonyl (C=O) groups excluding carboxylic acids is 1. The summed E-state index contributed by atoms with van der Waals surface area (Å²) in [7, 11) is 0. The third-order valence-corrected chi connectivity index (χ3v) is 4.07. The Kier molecular flexibility index (Phi) is 4.07. The van der Waals surface area contributed by atoms with E-state index in [0.29, 0.717) is 10.0 Å². The second-order valence-electron chi connectivity index (χ2n) is 4.98. The minimum atomic E-state index is -0.275. The molecule has 1 N–H and O–H groups in total. The van der Waals surface area contributed by atoms with Crippen molar-refractivity contribution in [2.24, 2.45) is 0 Å². The van der Waals surface area contributed by atoms with Gasteiger partial charge in [0.2, 0.25) is 0 Å². The van der Waals surface area contributed by atoms with Gasteiger partial charge < -0.3 is 5.32 Å². The van der Waals surface area contributed by atoms with Crippen LogP contribution in [-0.2, 0) is 12.8 Å². The third-order valence-electron chi connectivity index (χ3n) is 3.43. The number of fused-ring (bicyclic) bond motifs is 1. The van der Waals surface area contributed by atoms with Crippen LogP contribution in [0.1, 0.15) is 21.6 Å². The molecule has 1 aliphatic carbocycles. The predicted octanol–water partition coefficient (Wildman–Crippen LogP) is 3.94. The van der Waals surface area contributed by atoms with E-state index in [-0.39, 0.29) is 22.8 Å². The molecule has 1 heterocycles. The highest BCUT2D eigenvalue weighted by atomic mass is 35.5. The lowest BCUT2D eigenvalue weighted by atomic mass is 10.1. The van der Waals surface area contributed by atoms with Gasteiger partial charge in [-0.15, -0.1) is 0 Å². The first kappa shape index (κ1) is 14.6. The molecule has 1 atom stereocenters. The average Bonchev–Trinajstić information content (AvgIpc) is 2.78. The molecule has 3 rings (SSSR count). The van der Waals surface area contributed by atoms with Crippen molar-refractivity contribution in [2.75, 3.05) is 0 Å². The highest BCUT2D eigenvalue weighted by molar-refractivity contribution is 6.34. The van der Waals surface area contributed by atoms with Crippen molar-refractivity contribution in [1.82, 2.24) is 10.3 Å². The molecule has 21 heavy (non-hydrogen) atoms. The first-order chi connectivity index (χ1) is 10.0. The molecule has 3 nitrogen and oxygen atoms in total. The fraction of sp³-hybridized carbons (Fsp3) is 0.200. The highest BCUT2D eigenvalue weighted by Gasteiger charge is 2.24. The van der Waals surface area contributed by atoms with Crippen LogP contribution in [0.2, 0.25) is 15.2 Å². The number of rotatable bonds is 2. The Morgan fingerprint density at radius 2 is 1.81 bits per heavy atom. The van der Waals surface area contributed by atoms with E-state index in [1.807, 2.05) is 18.2 Å². The highest BCUT2D eigenvalue weighted by Crippen LogP contribution is 2.25. The molecule has 0 aliphatic heterocycles. The lowest BCUT2D eigenvalue weighted by molar-refractivity contribution is 0.0933. The molecule has 0 saturated carbocycles. The van der Waals surface area contributed by atoms with Gasteiger partial charge in [0.15, 0.2) is 0 Å². The molecule has 0 bridgehead atoms. The molecule has 1 aromatic carbocycles. The number of pyridine rings is 1.